The molecule has 0 bridgehead atoms. The maximum absolute atomic E-state index is 0. The van der Waals surface area contributed by atoms with E-state index in [1.807, 2.05) is 0 Å². The summed E-state index contributed by atoms with van der Waals surface area (Å²) < 4.78 is 0. The van der Waals surface area contributed by atoms with Crippen molar-refractivity contribution < 1.29 is 16.4 Å². The van der Waals surface area contributed by atoms with Crippen molar-refractivity contribution in [1.29, 1.82) is 0 Å². The van der Waals surface area contributed by atoms with Gasteiger partial charge >= 0.3 is 29.6 Å². The van der Waals surface area contributed by atoms with Crippen LogP contribution >= 0.6 is 40.5 Å². The van der Waals surface area contributed by atoms with Gasteiger partial charge in [0.2, 0.25) is 0 Å². The molecule has 0 saturated heterocycles. The molecule has 0 aromatic rings. The van der Waals surface area contributed by atoms with Gasteiger partial charge in [0, 0.05) is 0 Å². The Hall–Kier alpha value is 1.93. The predicted molar refractivity (Wildman–Crippen MR) is 49.1 cm³/mol. The van der Waals surface area contributed by atoms with E-state index >= 15 is 0 Å². The van der Waals surface area contributed by atoms with Crippen LogP contribution in [0.2, 0.25) is 0 Å². The Balaban J connectivity index is 0. The number of hydrogen-bond acceptors (Lipinski definition) is 0. The van der Waals surface area contributed by atoms with Crippen LogP contribution in [0.15, 0.2) is 0 Å². The quantitative estimate of drug-likeness (QED) is 0.360. The minimum absolute atomic E-state index is 0. The fourth-order valence-corrected chi connectivity index (χ4v) is 0. The summed E-state index contributed by atoms with van der Waals surface area (Å²) in [6, 6.07) is 0. The first-order chi connectivity index (χ1) is 0. The van der Waals surface area contributed by atoms with Crippen LogP contribution in [0.25, 0.3) is 0 Å². The molecule has 0 aromatic carbocycles. The average Bonchev–Trinajstić information content (AvgIpc) is 0. The first kappa shape index (κ1) is 151. The number of rotatable bonds is 0. The third-order valence-corrected chi connectivity index (χ3v) is 0. The van der Waals surface area contributed by atoms with Crippen molar-refractivity contribution in [2.24, 2.45) is 0 Å². The molecule has 0 unspecified atom stereocenters. The summed E-state index contributed by atoms with van der Waals surface area (Å²) in [5.74, 6) is 0. The van der Waals surface area contributed by atoms with E-state index in [1.54, 1.807) is 0 Å². The van der Waals surface area contributed by atoms with Gasteiger partial charge in [0.1, 0.15) is 0 Å². The normalized spacial score (nSPS) is 0. The molecule has 0 spiro atoms. The topological polar surface area (TPSA) is 94.5 Å². The first-order valence-electron chi connectivity index (χ1n) is 0. The van der Waals surface area contributed by atoms with Gasteiger partial charge in [-0.25, -0.2) is 0 Å². The van der Waals surface area contributed by atoms with Crippen LogP contribution in [0.1, 0.15) is 0 Å². The minimum atomic E-state index is 0. The first-order valence-corrected chi connectivity index (χ1v) is 0. The Bertz CT molecular complexity index is 10.1. The molecule has 0 heterocycles. The molecule has 6 N–H and O–H groups in total. The van der Waals surface area contributed by atoms with Crippen LogP contribution in [0.5, 0.6) is 0 Å². The summed E-state index contributed by atoms with van der Waals surface area (Å²) in [7, 11) is 0. The van der Waals surface area contributed by atoms with Gasteiger partial charge in [-0.2, -0.15) is 40.5 Å². The molecule has 3 nitrogen and oxygen atoms in total. The zero-order valence-electron chi connectivity index (χ0n) is 3.00. The second-order valence-corrected chi connectivity index (χ2v) is 0. The molecule has 0 aromatic heterocycles. The molecule has 0 amide bonds. The van der Waals surface area contributed by atoms with Crippen LogP contribution in [-0.2, 0) is 0 Å². The Kier molecular flexibility index (Phi) is 2200. The van der Waals surface area contributed by atoms with E-state index in [9.17, 15) is 0 Å². The van der Waals surface area contributed by atoms with Crippen LogP contribution in [0, 0.1) is 0 Å². The van der Waals surface area contributed by atoms with Gasteiger partial charge in [-0.1, -0.05) is 0 Å². The molecule has 0 fully saturated rings. The van der Waals surface area contributed by atoms with Gasteiger partial charge in [-0.15, -0.1) is 0 Å². The second-order valence-electron chi connectivity index (χ2n) is 0. The van der Waals surface area contributed by atoms with Gasteiger partial charge in [0.25, 0.3) is 0 Å². The standard InChI is InChI=1S/Na.3H2O.3H2S.H/h;6*1H2;. The fraction of sp³-hybridized carbons (Fsp3) is 0. The van der Waals surface area contributed by atoms with E-state index in [1.165, 1.54) is 0 Å². The summed E-state index contributed by atoms with van der Waals surface area (Å²) in [6.07, 6.45) is 0. The van der Waals surface area contributed by atoms with E-state index in [-0.39, 0.29) is 86.5 Å². The summed E-state index contributed by atoms with van der Waals surface area (Å²) in [5.41, 5.74) is 0. The number of hydrogen-bond donors (Lipinski definition) is 0. The third kappa shape index (κ3) is 74.9. The zero-order chi connectivity index (χ0) is 0. The zero-order valence-corrected chi connectivity index (χ0v) is 6.00. The maximum atomic E-state index is 0. The van der Waals surface area contributed by atoms with Crippen molar-refractivity contribution >= 4 is 70.0 Å². The predicted octanol–water partition coefficient (Wildman–Crippen LogP) is -2.78. The van der Waals surface area contributed by atoms with Crippen LogP contribution in [0.3, 0.4) is 0 Å². The molecular weight excluding hydrogens is 167 g/mol. The van der Waals surface area contributed by atoms with E-state index in [0.29, 0.717) is 0 Å². The molecule has 0 aliphatic rings. The third-order valence-electron chi connectivity index (χ3n) is 0. The molecule has 7 heavy (non-hydrogen) atoms. The summed E-state index contributed by atoms with van der Waals surface area (Å²) in [6.45, 7) is 0. The summed E-state index contributed by atoms with van der Waals surface area (Å²) in [4.78, 5) is 0. The Morgan fingerprint density at radius 2 is 0.429 bits per heavy atom. The molecular formula is H13NaO3S3. The van der Waals surface area contributed by atoms with Crippen LogP contribution < -0.4 is 0 Å². The summed E-state index contributed by atoms with van der Waals surface area (Å²) in [5, 5.41) is 0. The van der Waals surface area contributed by atoms with Crippen molar-refractivity contribution in [3.05, 3.63) is 0 Å². The molecule has 0 aliphatic carbocycles. The van der Waals surface area contributed by atoms with E-state index < -0.39 is 0 Å². The van der Waals surface area contributed by atoms with Gasteiger partial charge in [0.05, 0.1) is 0 Å². The molecule has 50 valence electrons. The van der Waals surface area contributed by atoms with Crippen molar-refractivity contribution in [2.45, 2.75) is 0 Å². The molecule has 0 radical (unpaired) electrons. The van der Waals surface area contributed by atoms with Crippen molar-refractivity contribution in [2.75, 3.05) is 0 Å². The average molecular weight is 180 g/mol. The van der Waals surface area contributed by atoms with Crippen LogP contribution in [-0.4, -0.2) is 46.0 Å². The molecule has 0 atom stereocenters. The Morgan fingerprint density at radius 1 is 0.429 bits per heavy atom. The van der Waals surface area contributed by atoms with Crippen molar-refractivity contribution in [3.63, 3.8) is 0 Å². The molecule has 0 aliphatic heterocycles. The fourth-order valence-electron chi connectivity index (χ4n) is 0. The Morgan fingerprint density at radius 3 is 0.429 bits per heavy atom. The second kappa shape index (κ2) is 102. The van der Waals surface area contributed by atoms with E-state index in [4.69, 9.17) is 0 Å². The van der Waals surface area contributed by atoms with Gasteiger partial charge < -0.3 is 16.4 Å². The van der Waals surface area contributed by atoms with Crippen molar-refractivity contribution in [3.8, 4) is 0 Å². The van der Waals surface area contributed by atoms with Crippen LogP contribution in [0.4, 0.5) is 0 Å². The van der Waals surface area contributed by atoms with E-state index in [0.717, 1.165) is 0 Å². The monoisotopic (exact) mass is 180 g/mol. The SMILES string of the molecule is O.O.O.S.S.S.[NaH]. The Labute approximate surface area is 85.8 Å². The van der Waals surface area contributed by atoms with E-state index in [2.05, 4.69) is 0 Å². The molecule has 7 heteroatoms. The van der Waals surface area contributed by atoms with Gasteiger partial charge in [0.15, 0.2) is 0 Å². The molecule has 0 saturated carbocycles. The van der Waals surface area contributed by atoms with Crippen molar-refractivity contribution in [1.82, 2.24) is 0 Å². The molecule has 0 rings (SSSR count). The van der Waals surface area contributed by atoms with Gasteiger partial charge in [-0.3, -0.25) is 0 Å². The summed E-state index contributed by atoms with van der Waals surface area (Å²) >= 11 is 0. The van der Waals surface area contributed by atoms with Gasteiger partial charge in [-0.05, 0) is 0 Å².